The summed E-state index contributed by atoms with van der Waals surface area (Å²) in [5, 5.41) is 5.49. The quantitative estimate of drug-likeness (QED) is 0.276. The molecule has 0 unspecified atom stereocenters. The van der Waals surface area contributed by atoms with Gasteiger partial charge in [0, 0.05) is 28.3 Å². The highest BCUT2D eigenvalue weighted by Gasteiger charge is 2.04. The zero-order chi connectivity index (χ0) is 20.7. The molecule has 0 aliphatic rings. The predicted octanol–water partition coefficient (Wildman–Crippen LogP) is 9.09. The van der Waals surface area contributed by atoms with E-state index in [9.17, 15) is 0 Å². The van der Waals surface area contributed by atoms with Crippen molar-refractivity contribution >= 4 is 28.2 Å². The second-order valence-corrected chi connectivity index (χ2v) is 8.93. The largest absolute Gasteiger partial charge is 0.384 e. The lowest BCUT2D eigenvalue weighted by Crippen LogP contribution is -2.03. The third-order valence-corrected chi connectivity index (χ3v) is 5.98. The molecule has 0 saturated carbocycles. The van der Waals surface area contributed by atoms with Gasteiger partial charge in [0.15, 0.2) is 0 Å². The summed E-state index contributed by atoms with van der Waals surface area (Å²) in [6, 6.07) is 8.05. The van der Waals surface area contributed by atoms with Gasteiger partial charge in [-0.1, -0.05) is 102 Å². The number of fused-ring (bicyclic) bond motifs is 1. The molecule has 2 nitrogen and oxygen atoms in total. The van der Waals surface area contributed by atoms with E-state index in [0.29, 0.717) is 0 Å². The number of halogens is 1. The fraction of sp³-hybridized carbons (Fsp3) is 0.654. The summed E-state index contributed by atoms with van der Waals surface area (Å²) in [4.78, 5) is 4.60. The first-order valence-electron chi connectivity index (χ1n) is 12.0. The van der Waals surface area contributed by atoms with E-state index in [1.165, 1.54) is 89.9 Å². The summed E-state index contributed by atoms with van der Waals surface area (Å²) in [6.45, 7) is 5.35. The molecule has 1 aromatic carbocycles. The van der Waals surface area contributed by atoms with Gasteiger partial charge in [-0.15, -0.1) is 0 Å². The number of nitrogens with one attached hydrogen (secondary N) is 1. The molecule has 2 aromatic rings. The number of aromatic nitrogens is 1. The first-order valence-corrected chi connectivity index (χ1v) is 12.4. The van der Waals surface area contributed by atoms with E-state index < -0.39 is 0 Å². The fourth-order valence-corrected chi connectivity index (χ4v) is 4.19. The van der Waals surface area contributed by atoms with Crippen LogP contribution < -0.4 is 5.32 Å². The Morgan fingerprint density at radius 1 is 0.759 bits per heavy atom. The van der Waals surface area contributed by atoms with Crippen LogP contribution in [0.1, 0.15) is 103 Å². The van der Waals surface area contributed by atoms with Gasteiger partial charge in [0.05, 0.1) is 5.52 Å². The Morgan fingerprint density at radius 2 is 1.31 bits per heavy atom. The summed E-state index contributed by atoms with van der Waals surface area (Å²) in [5.41, 5.74) is 3.21. The lowest BCUT2D eigenvalue weighted by molar-refractivity contribution is 0.537. The molecule has 0 bridgehead atoms. The van der Waals surface area contributed by atoms with Crippen LogP contribution in [0.15, 0.2) is 24.3 Å². The maximum absolute atomic E-state index is 6.17. The molecule has 0 radical (unpaired) electrons. The zero-order valence-electron chi connectivity index (χ0n) is 18.7. The number of benzene rings is 1. The smallest absolute Gasteiger partial charge is 0.0726 e. The number of anilines is 1. The van der Waals surface area contributed by atoms with Gasteiger partial charge in [0.2, 0.25) is 0 Å². The maximum atomic E-state index is 6.17. The number of hydrogen-bond donors (Lipinski definition) is 1. The Labute approximate surface area is 183 Å². The molecular weight excluding hydrogens is 376 g/mol. The van der Waals surface area contributed by atoms with Crippen molar-refractivity contribution in [2.75, 3.05) is 11.9 Å². The molecule has 29 heavy (non-hydrogen) atoms. The molecule has 1 aromatic heterocycles. The molecule has 0 amide bonds. The number of nitrogens with zero attached hydrogens (tertiary/aromatic N) is 1. The van der Waals surface area contributed by atoms with Gasteiger partial charge in [0.25, 0.3) is 0 Å². The highest BCUT2D eigenvalue weighted by molar-refractivity contribution is 6.31. The van der Waals surface area contributed by atoms with E-state index in [0.717, 1.165) is 33.9 Å². The summed E-state index contributed by atoms with van der Waals surface area (Å²) < 4.78 is 0. The molecule has 1 N–H and O–H groups in total. The third kappa shape index (κ3) is 9.85. The van der Waals surface area contributed by atoms with Crippen molar-refractivity contribution < 1.29 is 0 Å². The van der Waals surface area contributed by atoms with Crippen LogP contribution in [0.2, 0.25) is 5.02 Å². The van der Waals surface area contributed by atoms with E-state index in [4.69, 9.17) is 11.6 Å². The first-order chi connectivity index (χ1) is 14.2. The minimum Gasteiger partial charge on any atom is -0.384 e. The first kappa shape index (κ1) is 24.0. The average Bonchev–Trinajstić information content (AvgIpc) is 2.71. The van der Waals surface area contributed by atoms with Crippen molar-refractivity contribution in [1.82, 2.24) is 4.98 Å². The molecule has 0 aliphatic carbocycles. The van der Waals surface area contributed by atoms with Crippen molar-refractivity contribution in [3.8, 4) is 0 Å². The van der Waals surface area contributed by atoms with Gasteiger partial charge in [-0.2, -0.15) is 0 Å². The average molecular weight is 417 g/mol. The van der Waals surface area contributed by atoms with Gasteiger partial charge < -0.3 is 5.32 Å². The molecule has 0 fully saturated rings. The predicted molar refractivity (Wildman–Crippen MR) is 130 cm³/mol. The van der Waals surface area contributed by atoms with E-state index in [-0.39, 0.29) is 0 Å². The Balaban J connectivity index is 1.49. The van der Waals surface area contributed by atoms with Gasteiger partial charge in [-0.3, -0.25) is 4.98 Å². The van der Waals surface area contributed by atoms with Crippen LogP contribution in [-0.4, -0.2) is 11.5 Å². The van der Waals surface area contributed by atoms with Crippen molar-refractivity contribution in [2.45, 2.75) is 104 Å². The second kappa shape index (κ2) is 14.7. The van der Waals surface area contributed by atoms with Crippen LogP contribution in [-0.2, 0) is 0 Å². The second-order valence-electron chi connectivity index (χ2n) is 8.50. The summed E-state index contributed by atoms with van der Waals surface area (Å²) in [7, 11) is 0. The molecular formula is C26H41ClN2. The molecule has 0 atom stereocenters. The van der Waals surface area contributed by atoms with Crippen LogP contribution in [0.25, 0.3) is 10.9 Å². The van der Waals surface area contributed by atoms with Crippen LogP contribution in [0.4, 0.5) is 5.69 Å². The molecule has 3 heteroatoms. The molecule has 1 heterocycles. The molecule has 2 rings (SSSR count). The lowest BCUT2D eigenvalue weighted by Gasteiger charge is -2.11. The number of unbranched alkanes of at least 4 members (excludes halogenated alkanes) is 13. The summed E-state index contributed by atoms with van der Waals surface area (Å²) in [5.74, 6) is 0. The minimum atomic E-state index is 0.766. The van der Waals surface area contributed by atoms with Gasteiger partial charge in [-0.05, 0) is 37.6 Å². The fourth-order valence-electron chi connectivity index (χ4n) is 4.02. The van der Waals surface area contributed by atoms with Crippen LogP contribution in [0.5, 0.6) is 0 Å². The standard InChI is InChI=1S/C26H41ClN2/c1-3-4-5-6-7-8-9-10-11-12-13-14-15-16-19-28-26-20-22(2)29-25-18-17-23(27)21-24(25)26/h17-18,20-21H,3-16,19H2,1-2H3,(H,28,29). The molecule has 0 spiro atoms. The van der Waals surface area contributed by atoms with Gasteiger partial charge in [0.1, 0.15) is 0 Å². The third-order valence-electron chi connectivity index (χ3n) is 5.74. The van der Waals surface area contributed by atoms with Crippen molar-refractivity contribution in [2.24, 2.45) is 0 Å². The number of rotatable bonds is 16. The monoisotopic (exact) mass is 416 g/mol. The highest BCUT2D eigenvalue weighted by Crippen LogP contribution is 2.26. The lowest BCUT2D eigenvalue weighted by atomic mass is 10.0. The van der Waals surface area contributed by atoms with E-state index >= 15 is 0 Å². The molecule has 0 saturated heterocycles. The van der Waals surface area contributed by atoms with E-state index in [2.05, 4.69) is 23.3 Å². The van der Waals surface area contributed by atoms with Gasteiger partial charge in [-0.25, -0.2) is 0 Å². The SMILES string of the molecule is CCCCCCCCCCCCCCCCNc1cc(C)nc2ccc(Cl)cc12. The summed E-state index contributed by atoms with van der Waals surface area (Å²) >= 11 is 6.17. The Bertz CT molecular complexity index is 698. The van der Waals surface area contributed by atoms with Crippen LogP contribution >= 0.6 is 11.6 Å². The van der Waals surface area contributed by atoms with E-state index in [1.807, 2.05) is 25.1 Å². The zero-order valence-corrected chi connectivity index (χ0v) is 19.5. The highest BCUT2D eigenvalue weighted by atomic mass is 35.5. The topological polar surface area (TPSA) is 24.9 Å². The Hall–Kier alpha value is -1.28. The Kier molecular flexibility index (Phi) is 12.1. The molecule has 0 aliphatic heterocycles. The van der Waals surface area contributed by atoms with Crippen LogP contribution in [0.3, 0.4) is 0 Å². The van der Waals surface area contributed by atoms with E-state index in [1.54, 1.807) is 0 Å². The number of pyridine rings is 1. The Morgan fingerprint density at radius 3 is 1.90 bits per heavy atom. The van der Waals surface area contributed by atoms with Crippen molar-refractivity contribution in [1.29, 1.82) is 0 Å². The van der Waals surface area contributed by atoms with Crippen molar-refractivity contribution in [3.63, 3.8) is 0 Å². The minimum absolute atomic E-state index is 0.766. The molecule has 162 valence electrons. The summed E-state index contributed by atoms with van der Waals surface area (Å²) in [6.07, 6.45) is 19.6. The van der Waals surface area contributed by atoms with Gasteiger partial charge >= 0.3 is 0 Å². The number of aryl methyl sites for hydroxylation is 1. The normalized spacial score (nSPS) is 11.3. The number of hydrogen-bond acceptors (Lipinski definition) is 2. The van der Waals surface area contributed by atoms with Crippen molar-refractivity contribution in [3.05, 3.63) is 35.0 Å². The maximum Gasteiger partial charge on any atom is 0.0726 e. The van der Waals surface area contributed by atoms with Crippen LogP contribution in [0, 0.1) is 6.92 Å².